The Morgan fingerprint density at radius 2 is 1.93 bits per heavy atom. The van der Waals surface area contributed by atoms with Crippen molar-refractivity contribution in [2.24, 2.45) is 16.1 Å². The van der Waals surface area contributed by atoms with Crippen molar-refractivity contribution >= 4 is 11.7 Å². The molecule has 0 aromatic heterocycles. The molecule has 1 amide bonds. The molecule has 0 aromatic rings. The van der Waals surface area contributed by atoms with E-state index in [0.29, 0.717) is 18.8 Å². The first-order valence-corrected chi connectivity index (χ1v) is 5.33. The second-order valence-corrected chi connectivity index (χ2v) is 4.99. The zero-order valence-corrected chi connectivity index (χ0v) is 10.4. The molecule has 0 aliphatic carbocycles. The number of nitrogens with one attached hydrogen (secondary N) is 1. The Bertz CT molecular complexity index is 239. The molecule has 0 bridgehead atoms. The SMILES string of the molecule is CC(C)NC(=O)CCN=C(N)C(C)(C)C. The van der Waals surface area contributed by atoms with Gasteiger partial charge in [-0.1, -0.05) is 20.8 Å². The van der Waals surface area contributed by atoms with Gasteiger partial charge in [-0.3, -0.25) is 9.79 Å². The third kappa shape index (κ3) is 6.94. The summed E-state index contributed by atoms with van der Waals surface area (Å²) in [5.74, 6) is 0.621. The van der Waals surface area contributed by atoms with Crippen LogP contribution in [0.4, 0.5) is 0 Å². The zero-order valence-electron chi connectivity index (χ0n) is 10.4. The molecule has 4 heteroatoms. The van der Waals surface area contributed by atoms with Crippen molar-refractivity contribution in [1.82, 2.24) is 5.32 Å². The van der Waals surface area contributed by atoms with E-state index in [1.165, 1.54) is 0 Å². The first-order valence-electron chi connectivity index (χ1n) is 5.33. The molecular weight excluding hydrogens is 190 g/mol. The van der Waals surface area contributed by atoms with E-state index in [2.05, 4.69) is 10.3 Å². The number of hydrogen-bond acceptors (Lipinski definition) is 2. The standard InChI is InChI=1S/C11H23N3O/c1-8(2)14-9(15)6-7-13-10(12)11(3,4)5/h8H,6-7H2,1-5H3,(H2,12,13)(H,14,15). The second kappa shape index (κ2) is 5.73. The quantitative estimate of drug-likeness (QED) is 0.546. The van der Waals surface area contributed by atoms with Crippen LogP contribution in [0.2, 0.25) is 0 Å². The molecule has 0 heterocycles. The zero-order chi connectivity index (χ0) is 12.1. The van der Waals surface area contributed by atoms with E-state index in [-0.39, 0.29) is 17.4 Å². The predicted octanol–water partition coefficient (Wildman–Crippen LogP) is 1.30. The minimum Gasteiger partial charge on any atom is -0.387 e. The lowest BCUT2D eigenvalue weighted by Gasteiger charge is -2.17. The van der Waals surface area contributed by atoms with Crippen molar-refractivity contribution in [3.05, 3.63) is 0 Å². The molecular formula is C11H23N3O. The van der Waals surface area contributed by atoms with E-state index in [1.807, 2.05) is 34.6 Å². The highest BCUT2D eigenvalue weighted by Gasteiger charge is 2.14. The fourth-order valence-electron chi connectivity index (χ4n) is 0.909. The number of hydrogen-bond donors (Lipinski definition) is 2. The fraction of sp³-hybridized carbons (Fsp3) is 0.818. The third-order valence-corrected chi connectivity index (χ3v) is 1.84. The molecule has 0 spiro atoms. The Morgan fingerprint density at radius 1 is 1.40 bits per heavy atom. The summed E-state index contributed by atoms with van der Waals surface area (Å²) in [4.78, 5) is 15.4. The highest BCUT2D eigenvalue weighted by Crippen LogP contribution is 2.12. The van der Waals surface area contributed by atoms with Crippen LogP contribution in [0.15, 0.2) is 4.99 Å². The lowest BCUT2D eigenvalue weighted by Crippen LogP contribution is -2.32. The molecule has 3 N–H and O–H groups in total. The number of amidine groups is 1. The molecule has 88 valence electrons. The Balaban J connectivity index is 3.93. The molecule has 0 saturated heterocycles. The number of carbonyl (C=O) groups is 1. The molecule has 4 nitrogen and oxygen atoms in total. The molecule has 0 unspecified atom stereocenters. The Labute approximate surface area is 92.3 Å². The van der Waals surface area contributed by atoms with Crippen molar-refractivity contribution in [3.63, 3.8) is 0 Å². The maximum absolute atomic E-state index is 11.3. The number of carbonyl (C=O) groups excluding carboxylic acids is 1. The van der Waals surface area contributed by atoms with Gasteiger partial charge in [-0.25, -0.2) is 0 Å². The number of nitrogens with zero attached hydrogens (tertiary/aromatic N) is 1. The Morgan fingerprint density at radius 3 is 2.33 bits per heavy atom. The number of aliphatic imine (C=N–C) groups is 1. The second-order valence-electron chi connectivity index (χ2n) is 4.99. The first-order chi connectivity index (χ1) is 6.73. The van der Waals surface area contributed by atoms with Gasteiger partial charge in [0.1, 0.15) is 0 Å². The van der Waals surface area contributed by atoms with E-state index in [0.717, 1.165) is 0 Å². The maximum atomic E-state index is 11.3. The summed E-state index contributed by atoms with van der Waals surface area (Å²) < 4.78 is 0. The van der Waals surface area contributed by atoms with E-state index < -0.39 is 0 Å². The van der Waals surface area contributed by atoms with Crippen LogP contribution in [0.5, 0.6) is 0 Å². The van der Waals surface area contributed by atoms with Gasteiger partial charge in [0.15, 0.2) is 0 Å². The van der Waals surface area contributed by atoms with Gasteiger partial charge in [0.2, 0.25) is 5.91 Å². The van der Waals surface area contributed by atoms with E-state index in [9.17, 15) is 4.79 Å². The van der Waals surface area contributed by atoms with Gasteiger partial charge in [-0.15, -0.1) is 0 Å². The van der Waals surface area contributed by atoms with Gasteiger partial charge in [-0.2, -0.15) is 0 Å². The van der Waals surface area contributed by atoms with Gasteiger partial charge in [0.05, 0.1) is 5.84 Å². The van der Waals surface area contributed by atoms with Crippen molar-refractivity contribution < 1.29 is 4.79 Å². The average Bonchev–Trinajstić information content (AvgIpc) is 2.00. The van der Waals surface area contributed by atoms with Crippen molar-refractivity contribution in [2.75, 3.05) is 6.54 Å². The van der Waals surface area contributed by atoms with Crippen LogP contribution in [0.3, 0.4) is 0 Å². The summed E-state index contributed by atoms with van der Waals surface area (Å²) in [5.41, 5.74) is 5.64. The molecule has 0 atom stereocenters. The molecule has 15 heavy (non-hydrogen) atoms. The molecule has 0 radical (unpaired) electrons. The van der Waals surface area contributed by atoms with Crippen LogP contribution >= 0.6 is 0 Å². The average molecular weight is 213 g/mol. The van der Waals surface area contributed by atoms with E-state index >= 15 is 0 Å². The third-order valence-electron chi connectivity index (χ3n) is 1.84. The normalized spacial score (nSPS) is 13.1. The van der Waals surface area contributed by atoms with Crippen LogP contribution in [0.1, 0.15) is 41.0 Å². The maximum Gasteiger partial charge on any atom is 0.222 e. The van der Waals surface area contributed by atoms with Crippen LogP contribution in [-0.2, 0) is 4.79 Å². The minimum atomic E-state index is -0.117. The summed E-state index contributed by atoms with van der Waals surface area (Å²) in [6.07, 6.45) is 0.398. The highest BCUT2D eigenvalue weighted by molar-refractivity contribution is 5.85. The van der Waals surface area contributed by atoms with Crippen molar-refractivity contribution in [3.8, 4) is 0 Å². The van der Waals surface area contributed by atoms with Crippen molar-refractivity contribution in [2.45, 2.75) is 47.1 Å². The minimum absolute atomic E-state index is 0.0236. The smallest absolute Gasteiger partial charge is 0.222 e. The topological polar surface area (TPSA) is 67.5 Å². The van der Waals surface area contributed by atoms with Gasteiger partial charge in [0.25, 0.3) is 0 Å². The van der Waals surface area contributed by atoms with E-state index in [4.69, 9.17) is 5.73 Å². The van der Waals surface area contributed by atoms with Crippen LogP contribution in [0, 0.1) is 5.41 Å². The lowest BCUT2D eigenvalue weighted by molar-refractivity contribution is -0.121. The summed E-state index contributed by atoms with van der Waals surface area (Å²) in [7, 11) is 0. The monoisotopic (exact) mass is 213 g/mol. The molecule has 0 aliphatic heterocycles. The van der Waals surface area contributed by atoms with Gasteiger partial charge >= 0.3 is 0 Å². The summed E-state index contributed by atoms with van der Waals surface area (Å²) >= 11 is 0. The summed E-state index contributed by atoms with van der Waals surface area (Å²) in [5, 5.41) is 2.81. The largest absolute Gasteiger partial charge is 0.387 e. The Hall–Kier alpha value is -1.06. The van der Waals surface area contributed by atoms with Crippen molar-refractivity contribution in [1.29, 1.82) is 0 Å². The van der Waals surface area contributed by atoms with Gasteiger partial charge in [0, 0.05) is 24.4 Å². The molecule has 0 fully saturated rings. The fourth-order valence-corrected chi connectivity index (χ4v) is 0.909. The predicted molar refractivity (Wildman–Crippen MR) is 63.8 cm³/mol. The number of nitrogens with two attached hydrogens (primary N) is 1. The van der Waals surface area contributed by atoms with E-state index in [1.54, 1.807) is 0 Å². The van der Waals surface area contributed by atoms with Crippen LogP contribution in [-0.4, -0.2) is 24.3 Å². The Kier molecular flexibility index (Phi) is 5.33. The van der Waals surface area contributed by atoms with Crippen LogP contribution in [0.25, 0.3) is 0 Å². The molecule has 0 aromatic carbocycles. The number of rotatable bonds is 4. The van der Waals surface area contributed by atoms with Gasteiger partial charge in [-0.05, 0) is 13.8 Å². The summed E-state index contributed by atoms with van der Waals surface area (Å²) in [6.45, 7) is 10.3. The number of amides is 1. The highest BCUT2D eigenvalue weighted by atomic mass is 16.1. The molecule has 0 rings (SSSR count). The molecule has 0 saturated carbocycles. The van der Waals surface area contributed by atoms with Crippen LogP contribution < -0.4 is 11.1 Å². The first kappa shape index (κ1) is 13.9. The summed E-state index contributed by atoms with van der Waals surface area (Å²) in [6, 6.07) is 0.182. The van der Waals surface area contributed by atoms with Gasteiger partial charge < -0.3 is 11.1 Å². The lowest BCUT2D eigenvalue weighted by atomic mass is 9.95. The molecule has 0 aliphatic rings.